The molecule has 3 aromatic rings. The molecule has 2 aromatic heterocycles. The van der Waals surface area contributed by atoms with E-state index in [-0.39, 0.29) is 23.3 Å². The number of nitrogens with zero attached hydrogens (tertiary/aromatic N) is 3. The molecule has 1 aliphatic rings. The fourth-order valence-electron chi connectivity index (χ4n) is 3.90. The maximum absolute atomic E-state index is 13.0. The zero-order valence-electron chi connectivity index (χ0n) is 16.3. The van der Waals surface area contributed by atoms with Crippen LogP contribution in [0, 0.1) is 0 Å². The summed E-state index contributed by atoms with van der Waals surface area (Å²) in [6.07, 6.45) is 4.46. The van der Waals surface area contributed by atoms with Crippen molar-refractivity contribution < 1.29 is 9.53 Å². The number of rotatable bonds is 5. The summed E-state index contributed by atoms with van der Waals surface area (Å²) in [5.74, 6) is 0.953. The van der Waals surface area contributed by atoms with Crippen molar-refractivity contribution >= 4 is 39.6 Å². The van der Waals surface area contributed by atoms with E-state index in [1.54, 1.807) is 14.2 Å². The van der Waals surface area contributed by atoms with Crippen LogP contribution in [-0.4, -0.2) is 38.9 Å². The van der Waals surface area contributed by atoms with Crippen molar-refractivity contribution in [2.45, 2.75) is 36.9 Å². The number of methoxy groups -OCH3 is 1. The van der Waals surface area contributed by atoms with E-state index in [0.29, 0.717) is 21.9 Å². The van der Waals surface area contributed by atoms with E-state index in [1.807, 2.05) is 29.8 Å². The number of amides is 1. The summed E-state index contributed by atoms with van der Waals surface area (Å²) < 4.78 is 8.71. The molecule has 148 valence electrons. The van der Waals surface area contributed by atoms with E-state index >= 15 is 0 Å². The highest BCUT2D eigenvalue weighted by Crippen LogP contribution is 2.29. The molecular weight excluding hydrogens is 376 g/mol. The minimum Gasteiger partial charge on any atom is -0.497 e. The van der Waals surface area contributed by atoms with Crippen LogP contribution in [0.15, 0.2) is 28.2 Å². The smallest absolute Gasteiger partial charge is 0.278 e. The average Bonchev–Trinajstić information content (AvgIpc) is 3.29. The highest BCUT2D eigenvalue weighted by molar-refractivity contribution is 7.99. The second-order valence-corrected chi connectivity index (χ2v) is 8.18. The van der Waals surface area contributed by atoms with E-state index in [2.05, 4.69) is 5.32 Å². The Hall–Kier alpha value is -2.48. The van der Waals surface area contributed by atoms with Crippen molar-refractivity contribution in [3.05, 3.63) is 28.6 Å². The van der Waals surface area contributed by atoms with Gasteiger partial charge in [-0.15, -0.1) is 0 Å². The Kier molecular flexibility index (Phi) is 5.05. The fourth-order valence-corrected chi connectivity index (χ4v) is 4.68. The van der Waals surface area contributed by atoms with Gasteiger partial charge in [-0.25, -0.2) is 4.98 Å². The lowest BCUT2D eigenvalue weighted by Gasteiger charge is -2.12. The summed E-state index contributed by atoms with van der Waals surface area (Å²) >= 11 is 1.29. The highest BCUT2D eigenvalue weighted by atomic mass is 32.2. The van der Waals surface area contributed by atoms with Gasteiger partial charge < -0.3 is 14.6 Å². The molecule has 0 bridgehead atoms. The third kappa shape index (κ3) is 3.26. The fraction of sp³-hybridized carbons (Fsp3) is 0.450. The first-order chi connectivity index (χ1) is 13.5. The van der Waals surface area contributed by atoms with Crippen LogP contribution in [-0.2, 0) is 18.9 Å². The second kappa shape index (κ2) is 7.50. The van der Waals surface area contributed by atoms with Gasteiger partial charge in [0.05, 0.1) is 18.4 Å². The van der Waals surface area contributed by atoms with Gasteiger partial charge in [-0.05, 0) is 31.0 Å². The summed E-state index contributed by atoms with van der Waals surface area (Å²) in [6, 6.07) is 5.98. The molecule has 0 unspecified atom stereocenters. The predicted octanol–water partition coefficient (Wildman–Crippen LogP) is 2.58. The van der Waals surface area contributed by atoms with Crippen LogP contribution in [0.2, 0.25) is 0 Å². The van der Waals surface area contributed by atoms with Crippen LogP contribution in [0.1, 0.15) is 25.7 Å². The molecule has 2 heterocycles. The standard InChI is InChI=1S/C20H24N4O3S/c1-23-15-9-8-13(27-3)10-14(15)17-18(23)19(26)24(2)20(22-17)28-11-16(25)21-12-6-4-5-7-12/h8-10,12H,4-7,11H2,1-3H3,(H,21,25). The first-order valence-electron chi connectivity index (χ1n) is 9.45. The molecule has 1 fully saturated rings. The van der Waals surface area contributed by atoms with Crippen LogP contribution in [0.3, 0.4) is 0 Å². The quantitative estimate of drug-likeness (QED) is 0.526. The highest BCUT2D eigenvalue weighted by Gasteiger charge is 2.20. The summed E-state index contributed by atoms with van der Waals surface area (Å²) in [4.78, 5) is 30.0. The lowest BCUT2D eigenvalue weighted by Crippen LogP contribution is -2.34. The van der Waals surface area contributed by atoms with E-state index in [9.17, 15) is 9.59 Å². The van der Waals surface area contributed by atoms with Crippen LogP contribution in [0.4, 0.5) is 0 Å². The normalized spacial score (nSPS) is 14.8. The van der Waals surface area contributed by atoms with Gasteiger partial charge in [-0.2, -0.15) is 0 Å². The molecule has 1 aromatic carbocycles. The maximum atomic E-state index is 13.0. The van der Waals surface area contributed by atoms with Crippen molar-refractivity contribution in [1.82, 2.24) is 19.4 Å². The molecule has 1 aliphatic carbocycles. The minimum absolute atomic E-state index is 0.00849. The summed E-state index contributed by atoms with van der Waals surface area (Å²) in [6.45, 7) is 0. The Morgan fingerprint density at radius 1 is 1.29 bits per heavy atom. The third-order valence-corrected chi connectivity index (χ3v) is 6.46. The maximum Gasteiger partial charge on any atom is 0.278 e. The molecule has 8 heteroatoms. The number of aromatic nitrogens is 3. The number of fused-ring (bicyclic) bond motifs is 3. The van der Waals surface area contributed by atoms with Gasteiger partial charge in [0, 0.05) is 25.5 Å². The monoisotopic (exact) mass is 400 g/mol. The van der Waals surface area contributed by atoms with Gasteiger partial charge in [0.25, 0.3) is 5.56 Å². The molecule has 1 N–H and O–H groups in total. The third-order valence-electron chi connectivity index (χ3n) is 5.43. The first-order valence-corrected chi connectivity index (χ1v) is 10.4. The number of carbonyl (C=O) groups is 1. The topological polar surface area (TPSA) is 78.2 Å². The largest absolute Gasteiger partial charge is 0.497 e. The molecule has 0 spiro atoms. The Labute approximate surface area is 167 Å². The molecule has 1 amide bonds. The first kappa shape index (κ1) is 18.9. The lowest BCUT2D eigenvalue weighted by molar-refractivity contribution is -0.119. The molecule has 1 saturated carbocycles. The van der Waals surface area contributed by atoms with Crippen molar-refractivity contribution in [3.8, 4) is 5.75 Å². The Bertz CT molecular complexity index is 1110. The van der Waals surface area contributed by atoms with E-state index in [0.717, 1.165) is 23.7 Å². The molecule has 0 aliphatic heterocycles. The van der Waals surface area contributed by atoms with Crippen LogP contribution in [0.25, 0.3) is 21.9 Å². The SMILES string of the molecule is COc1ccc2c(c1)c1nc(SCC(=O)NC3CCCC3)n(C)c(=O)c1n2C. The Morgan fingerprint density at radius 2 is 2.04 bits per heavy atom. The average molecular weight is 401 g/mol. The van der Waals surface area contributed by atoms with E-state index in [1.165, 1.54) is 29.2 Å². The van der Waals surface area contributed by atoms with Gasteiger partial charge in [-0.1, -0.05) is 24.6 Å². The summed E-state index contributed by atoms with van der Waals surface area (Å²) in [5, 5.41) is 4.48. The van der Waals surface area contributed by atoms with Gasteiger partial charge in [0.2, 0.25) is 5.91 Å². The predicted molar refractivity (Wildman–Crippen MR) is 111 cm³/mol. The number of nitrogens with one attached hydrogen (secondary N) is 1. The Morgan fingerprint density at radius 3 is 2.75 bits per heavy atom. The molecule has 4 rings (SSSR count). The van der Waals surface area contributed by atoms with E-state index < -0.39 is 0 Å². The summed E-state index contributed by atoms with van der Waals surface area (Å²) in [5.41, 5.74) is 1.98. The van der Waals surface area contributed by atoms with Gasteiger partial charge >= 0.3 is 0 Å². The second-order valence-electron chi connectivity index (χ2n) is 7.24. The minimum atomic E-state index is -0.124. The van der Waals surface area contributed by atoms with Crippen LogP contribution < -0.4 is 15.6 Å². The van der Waals surface area contributed by atoms with Crippen molar-refractivity contribution in [2.24, 2.45) is 14.1 Å². The van der Waals surface area contributed by atoms with Crippen LogP contribution >= 0.6 is 11.8 Å². The molecular formula is C20H24N4O3S. The molecule has 0 atom stereocenters. The molecule has 0 radical (unpaired) electrons. The Balaban J connectivity index is 1.68. The number of aryl methyl sites for hydroxylation is 1. The van der Waals surface area contributed by atoms with Crippen LogP contribution in [0.5, 0.6) is 5.75 Å². The molecule has 0 saturated heterocycles. The van der Waals surface area contributed by atoms with Crippen molar-refractivity contribution in [3.63, 3.8) is 0 Å². The number of carbonyl (C=O) groups excluding carboxylic acids is 1. The van der Waals surface area contributed by atoms with E-state index in [4.69, 9.17) is 9.72 Å². The van der Waals surface area contributed by atoms with Crippen molar-refractivity contribution in [1.29, 1.82) is 0 Å². The zero-order chi connectivity index (χ0) is 19.8. The molecule has 28 heavy (non-hydrogen) atoms. The number of hydrogen-bond acceptors (Lipinski definition) is 5. The number of benzene rings is 1. The number of hydrogen-bond donors (Lipinski definition) is 1. The zero-order valence-corrected chi connectivity index (χ0v) is 17.1. The van der Waals surface area contributed by atoms with Gasteiger partial charge in [0.15, 0.2) is 5.16 Å². The van der Waals surface area contributed by atoms with Crippen molar-refractivity contribution in [2.75, 3.05) is 12.9 Å². The lowest BCUT2D eigenvalue weighted by atomic mass is 10.2. The van der Waals surface area contributed by atoms with Gasteiger partial charge in [-0.3, -0.25) is 14.2 Å². The number of thioether (sulfide) groups is 1. The number of ether oxygens (including phenoxy) is 1. The summed E-state index contributed by atoms with van der Waals surface area (Å²) in [7, 11) is 5.18. The molecule has 7 nitrogen and oxygen atoms in total. The van der Waals surface area contributed by atoms with Gasteiger partial charge in [0.1, 0.15) is 16.8 Å².